The lowest BCUT2D eigenvalue weighted by molar-refractivity contribution is -0.121. The molecule has 162 valence electrons. The Hall–Kier alpha value is -2.53. The van der Waals surface area contributed by atoms with Crippen LogP contribution in [0.5, 0.6) is 0 Å². The monoisotopic (exact) mass is 465 g/mol. The van der Waals surface area contributed by atoms with Crippen molar-refractivity contribution in [1.29, 1.82) is 0 Å². The molecule has 0 saturated carbocycles. The maximum atomic E-state index is 13.8. The minimum absolute atomic E-state index is 0.0262. The zero-order valence-corrected chi connectivity index (χ0v) is 17.6. The van der Waals surface area contributed by atoms with Gasteiger partial charge in [0.2, 0.25) is 11.8 Å². The van der Waals surface area contributed by atoms with Crippen LogP contribution in [0, 0.1) is 17.6 Å². The number of nitrogens with zero attached hydrogens (tertiary/aromatic N) is 2. The maximum absolute atomic E-state index is 13.8. The third-order valence-corrected chi connectivity index (χ3v) is 6.18. The van der Waals surface area contributed by atoms with Crippen LogP contribution in [0.1, 0.15) is 5.56 Å². The lowest BCUT2D eigenvalue weighted by Crippen LogP contribution is -2.49. The number of carbonyl (C=O) groups is 2. The van der Waals surface area contributed by atoms with E-state index in [1.54, 1.807) is 12.1 Å². The predicted molar refractivity (Wildman–Crippen MR) is 115 cm³/mol. The molecule has 1 saturated heterocycles. The second kappa shape index (κ2) is 9.31. The van der Waals surface area contributed by atoms with Crippen LogP contribution in [0.25, 0.3) is 0 Å². The number of halogens is 3. The maximum Gasteiger partial charge on any atom is 0.241 e. The number of amidine groups is 1. The molecule has 31 heavy (non-hydrogen) atoms. The highest BCUT2D eigenvalue weighted by atomic mass is 35.5. The standard InChI is InChI=1S/C20H18ClF2N5O2S/c21-14-4-2-1-3-11(14)8-24-17(29)10-31-20-26-18-13(9-25-27-18)19(30)28(20)12-5-6-15(22)16(23)7-12/h1-7,13,18,25,27H,8-10H2,(H,24,29). The van der Waals surface area contributed by atoms with Crippen LogP contribution >= 0.6 is 23.4 Å². The van der Waals surface area contributed by atoms with E-state index in [0.29, 0.717) is 11.6 Å². The second-order valence-electron chi connectivity index (χ2n) is 6.92. The number of hydrogen-bond acceptors (Lipinski definition) is 6. The highest BCUT2D eigenvalue weighted by Crippen LogP contribution is 2.30. The second-order valence-corrected chi connectivity index (χ2v) is 8.27. The zero-order valence-electron chi connectivity index (χ0n) is 16.1. The Bertz CT molecular complexity index is 1050. The van der Waals surface area contributed by atoms with Gasteiger partial charge in [0.1, 0.15) is 6.17 Å². The SMILES string of the molecule is O=C(CSC1=NC2NNCC2C(=O)N1c1ccc(F)c(F)c1)NCc1ccccc1Cl. The summed E-state index contributed by atoms with van der Waals surface area (Å²) in [5.74, 6) is -3.21. The van der Waals surface area contributed by atoms with Crippen LogP contribution < -0.4 is 21.1 Å². The molecule has 2 amide bonds. The Labute approximate surface area is 186 Å². The van der Waals surface area contributed by atoms with Gasteiger partial charge in [-0.15, -0.1) is 0 Å². The van der Waals surface area contributed by atoms with Gasteiger partial charge in [-0.3, -0.25) is 19.9 Å². The quantitative estimate of drug-likeness (QED) is 0.631. The summed E-state index contributed by atoms with van der Waals surface area (Å²) < 4.78 is 27.2. The molecule has 1 fully saturated rings. The average molecular weight is 466 g/mol. The molecule has 7 nitrogen and oxygen atoms in total. The van der Waals surface area contributed by atoms with Crippen LogP contribution in [0.4, 0.5) is 14.5 Å². The van der Waals surface area contributed by atoms with E-state index in [1.807, 2.05) is 12.1 Å². The molecule has 2 aromatic carbocycles. The minimum atomic E-state index is -1.07. The molecule has 2 aromatic rings. The molecule has 2 heterocycles. The van der Waals surface area contributed by atoms with Gasteiger partial charge in [0.05, 0.1) is 17.4 Å². The van der Waals surface area contributed by atoms with Crippen molar-refractivity contribution < 1.29 is 18.4 Å². The Kier molecular flexibility index (Phi) is 6.51. The Morgan fingerprint density at radius 2 is 2.06 bits per heavy atom. The fourth-order valence-corrected chi connectivity index (χ4v) is 4.32. The number of anilines is 1. The summed E-state index contributed by atoms with van der Waals surface area (Å²) in [5, 5.41) is 3.54. The third kappa shape index (κ3) is 4.72. The van der Waals surface area contributed by atoms with Crippen molar-refractivity contribution >= 4 is 46.0 Å². The van der Waals surface area contributed by atoms with Gasteiger partial charge in [-0.25, -0.2) is 19.2 Å². The summed E-state index contributed by atoms with van der Waals surface area (Å²) in [4.78, 5) is 31.1. The molecule has 0 bridgehead atoms. The largest absolute Gasteiger partial charge is 0.351 e. The zero-order chi connectivity index (χ0) is 22.0. The minimum Gasteiger partial charge on any atom is -0.351 e. The number of hydrogen-bond donors (Lipinski definition) is 3. The molecule has 0 aromatic heterocycles. The summed E-state index contributed by atoms with van der Waals surface area (Å²) >= 11 is 7.13. The third-order valence-electron chi connectivity index (χ3n) is 4.86. The van der Waals surface area contributed by atoms with Crippen molar-refractivity contribution in [3.63, 3.8) is 0 Å². The first-order valence-corrected chi connectivity index (χ1v) is 10.8. The summed E-state index contributed by atoms with van der Waals surface area (Å²) in [6.07, 6.45) is -0.497. The number of rotatable bonds is 5. The number of nitrogens with one attached hydrogen (secondary N) is 3. The number of aliphatic imine (C=N–C) groups is 1. The number of fused-ring (bicyclic) bond motifs is 1. The van der Waals surface area contributed by atoms with E-state index in [-0.39, 0.29) is 35.0 Å². The van der Waals surface area contributed by atoms with E-state index in [9.17, 15) is 18.4 Å². The van der Waals surface area contributed by atoms with E-state index in [1.165, 1.54) is 11.0 Å². The van der Waals surface area contributed by atoms with E-state index in [4.69, 9.17) is 11.6 Å². The molecular weight excluding hydrogens is 448 g/mol. The summed E-state index contributed by atoms with van der Waals surface area (Å²) in [5.41, 5.74) is 6.71. The molecular formula is C20H18ClF2N5O2S. The Morgan fingerprint density at radius 3 is 2.84 bits per heavy atom. The number of thioether (sulfide) groups is 1. The molecule has 2 aliphatic rings. The first-order valence-electron chi connectivity index (χ1n) is 9.42. The van der Waals surface area contributed by atoms with Crippen LogP contribution in [0.15, 0.2) is 47.5 Å². The van der Waals surface area contributed by atoms with Crippen molar-refractivity contribution in [3.8, 4) is 0 Å². The van der Waals surface area contributed by atoms with Gasteiger partial charge in [-0.1, -0.05) is 41.6 Å². The van der Waals surface area contributed by atoms with E-state index in [0.717, 1.165) is 29.5 Å². The first kappa shape index (κ1) is 21.7. The molecule has 3 N–H and O–H groups in total. The molecule has 0 spiro atoms. The summed E-state index contributed by atoms with van der Waals surface area (Å²) in [6, 6.07) is 10.4. The number of benzene rings is 2. The Morgan fingerprint density at radius 1 is 1.26 bits per heavy atom. The molecule has 2 aliphatic heterocycles. The summed E-state index contributed by atoms with van der Waals surface area (Å²) in [6.45, 7) is 0.608. The van der Waals surface area contributed by atoms with Gasteiger partial charge in [-0.2, -0.15) is 0 Å². The molecule has 4 rings (SSSR count). The van der Waals surface area contributed by atoms with Crippen LogP contribution in [-0.2, 0) is 16.1 Å². The number of carbonyl (C=O) groups excluding carboxylic acids is 2. The van der Waals surface area contributed by atoms with Crippen LogP contribution in [-0.4, -0.2) is 35.4 Å². The van der Waals surface area contributed by atoms with Gasteiger partial charge in [0.15, 0.2) is 16.8 Å². The van der Waals surface area contributed by atoms with Crippen molar-refractivity contribution in [2.75, 3.05) is 17.2 Å². The van der Waals surface area contributed by atoms with Gasteiger partial charge < -0.3 is 5.32 Å². The highest BCUT2D eigenvalue weighted by Gasteiger charge is 2.42. The fraction of sp³-hybridized carbons (Fsp3) is 0.250. The first-order chi connectivity index (χ1) is 14.9. The van der Waals surface area contributed by atoms with E-state index < -0.39 is 23.7 Å². The Balaban J connectivity index is 1.48. The van der Waals surface area contributed by atoms with Gasteiger partial charge in [0.25, 0.3) is 0 Å². The number of amides is 2. The summed E-state index contributed by atoms with van der Waals surface area (Å²) in [7, 11) is 0. The lowest BCUT2D eigenvalue weighted by Gasteiger charge is -2.32. The lowest BCUT2D eigenvalue weighted by atomic mass is 10.0. The number of hydrazine groups is 1. The normalized spacial score (nSPS) is 20.4. The molecule has 11 heteroatoms. The van der Waals surface area contributed by atoms with Crippen LogP contribution in [0.3, 0.4) is 0 Å². The smallest absolute Gasteiger partial charge is 0.241 e. The van der Waals surface area contributed by atoms with Crippen molar-refractivity contribution in [2.45, 2.75) is 12.7 Å². The highest BCUT2D eigenvalue weighted by molar-refractivity contribution is 8.14. The topological polar surface area (TPSA) is 85.8 Å². The van der Waals surface area contributed by atoms with E-state index in [2.05, 4.69) is 21.2 Å². The van der Waals surface area contributed by atoms with Gasteiger partial charge >= 0.3 is 0 Å². The molecule has 0 aliphatic carbocycles. The average Bonchev–Trinajstić information content (AvgIpc) is 3.23. The predicted octanol–water partition coefficient (Wildman–Crippen LogP) is 2.42. The molecule has 2 atom stereocenters. The van der Waals surface area contributed by atoms with Crippen LogP contribution in [0.2, 0.25) is 5.02 Å². The fourth-order valence-electron chi connectivity index (χ4n) is 3.25. The van der Waals surface area contributed by atoms with Crippen molar-refractivity contribution in [2.24, 2.45) is 10.9 Å². The molecule has 0 radical (unpaired) electrons. The van der Waals surface area contributed by atoms with Gasteiger partial charge in [0, 0.05) is 24.2 Å². The molecule has 2 unspecified atom stereocenters. The van der Waals surface area contributed by atoms with E-state index >= 15 is 0 Å². The van der Waals surface area contributed by atoms with Gasteiger partial charge in [-0.05, 0) is 23.8 Å². The van der Waals surface area contributed by atoms with Crippen molar-refractivity contribution in [1.82, 2.24) is 16.2 Å². The van der Waals surface area contributed by atoms with Crippen molar-refractivity contribution in [3.05, 3.63) is 64.7 Å².